The molecule has 0 spiro atoms. The van der Waals surface area contributed by atoms with Gasteiger partial charge in [0.2, 0.25) is 0 Å². The molecule has 0 saturated heterocycles. The third-order valence-electron chi connectivity index (χ3n) is 4.11. The zero-order valence-corrected chi connectivity index (χ0v) is 13.6. The first kappa shape index (κ1) is 15.3. The number of nitrogens with zero attached hydrogens (tertiary/aromatic N) is 6. The molecule has 0 amide bonds. The van der Waals surface area contributed by atoms with Crippen LogP contribution in [-0.2, 0) is 13.0 Å². The van der Waals surface area contributed by atoms with E-state index in [0.717, 1.165) is 23.0 Å². The SMILES string of the molecule is CCc1cn(Cc2cn(-c3ccccc3F)nn2)c2ncnc(N)c12. The molecule has 8 heteroatoms. The quantitative estimate of drug-likeness (QED) is 0.617. The van der Waals surface area contributed by atoms with Gasteiger partial charge in [-0.1, -0.05) is 24.3 Å². The van der Waals surface area contributed by atoms with Crippen LogP contribution in [0.25, 0.3) is 16.7 Å². The molecule has 0 aliphatic rings. The van der Waals surface area contributed by atoms with E-state index in [2.05, 4.69) is 27.2 Å². The minimum Gasteiger partial charge on any atom is -0.383 e. The molecule has 0 bridgehead atoms. The molecule has 3 heterocycles. The van der Waals surface area contributed by atoms with Crippen molar-refractivity contribution in [1.82, 2.24) is 29.5 Å². The van der Waals surface area contributed by atoms with Gasteiger partial charge < -0.3 is 10.3 Å². The van der Waals surface area contributed by atoms with Crippen molar-refractivity contribution in [2.45, 2.75) is 19.9 Å². The highest BCUT2D eigenvalue weighted by atomic mass is 19.1. The molecular weight excluding hydrogens is 321 g/mol. The molecule has 25 heavy (non-hydrogen) atoms. The van der Waals surface area contributed by atoms with E-state index in [-0.39, 0.29) is 5.82 Å². The third kappa shape index (κ3) is 2.61. The summed E-state index contributed by atoms with van der Waals surface area (Å²) in [5.41, 5.74) is 8.89. The summed E-state index contributed by atoms with van der Waals surface area (Å²) in [5, 5.41) is 9.04. The van der Waals surface area contributed by atoms with Crippen molar-refractivity contribution in [3.05, 3.63) is 60.1 Å². The number of halogens is 1. The van der Waals surface area contributed by atoms with Crippen molar-refractivity contribution in [2.24, 2.45) is 0 Å². The highest BCUT2D eigenvalue weighted by Crippen LogP contribution is 2.24. The van der Waals surface area contributed by atoms with Gasteiger partial charge in [-0.3, -0.25) is 0 Å². The van der Waals surface area contributed by atoms with Crippen LogP contribution < -0.4 is 5.73 Å². The molecule has 0 fully saturated rings. The van der Waals surface area contributed by atoms with Crippen LogP contribution in [0, 0.1) is 5.82 Å². The van der Waals surface area contributed by atoms with Crippen molar-refractivity contribution < 1.29 is 4.39 Å². The fourth-order valence-corrected chi connectivity index (χ4v) is 2.92. The highest BCUT2D eigenvalue weighted by Gasteiger charge is 2.14. The summed E-state index contributed by atoms with van der Waals surface area (Å²) < 4.78 is 17.3. The Bertz CT molecular complexity index is 1050. The Kier molecular flexibility index (Phi) is 3.64. The lowest BCUT2D eigenvalue weighted by atomic mass is 10.2. The van der Waals surface area contributed by atoms with E-state index in [0.29, 0.717) is 23.7 Å². The molecular formula is C17H16FN7. The summed E-state index contributed by atoms with van der Waals surface area (Å²) in [4.78, 5) is 8.41. The minimum absolute atomic E-state index is 0.348. The summed E-state index contributed by atoms with van der Waals surface area (Å²) in [6.07, 6.45) is 5.98. The zero-order chi connectivity index (χ0) is 17.4. The molecule has 0 saturated carbocycles. The zero-order valence-electron chi connectivity index (χ0n) is 13.6. The number of anilines is 1. The van der Waals surface area contributed by atoms with Gasteiger partial charge in [0.25, 0.3) is 0 Å². The van der Waals surface area contributed by atoms with Crippen LogP contribution in [0.5, 0.6) is 0 Å². The Morgan fingerprint density at radius 3 is 2.80 bits per heavy atom. The van der Waals surface area contributed by atoms with Crippen molar-refractivity contribution >= 4 is 16.9 Å². The molecule has 126 valence electrons. The van der Waals surface area contributed by atoms with Crippen LogP contribution in [0.3, 0.4) is 0 Å². The lowest BCUT2D eigenvalue weighted by Crippen LogP contribution is -2.01. The fourth-order valence-electron chi connectivity index (χ4n) is 2.92. The number of hydrogen-bond donors (Lipinski definition) is 1. The molecule has 4 rings (SSSR count). The van der Waals surface area contributed by atoms with E-state index in [1.807, 2.05) is 10.8 Å². The Morgan fingerprint density at radius 2 is 2.00 bits per heavy atom. The number of aromatic nitrogens is 6. The van der Waals surface area contributed by atoms with Crippen LogP contribution in [-0.4, -0.2) is 29.5 Å². The molecule has 0 atom stereocenters. The van der Waals surface area contributed by atoms with Gasteiger partial charge in [0.05, 0.1) is 18.1 Å². The van der Waals surface area contributed by atoms with E-state index < -0.39 is 0 Å². The van der Waals surface area contributed by atoms with Gasteiger partial charge in [0.1, 0.15) is 35.0 Å². The second-order valence-electron chi connectivity index (χ2n) is 5.70. The minimum atomic E-state index is -0.348. The van der Waals surface area contributed by atoms with Gasteiger partial charge in [-0.25, -0.2) is 19.0 Å². The summed E-state index contributed by atoms with van der Waals surface area (Å²) in [6.45, 7) is 2.52. The number of aryl methyl sites for hydroxylation is 1. The van der Waals surface area contributed by atoms with Crippen LogP contribution in [0.1, 0.15) is 18.2 Å². The smallest absolute Gasteiger partial charge is 0.148 e. The largest absolute Gasteiger partial charge is 0.383 e. The maximum absolute atomic E-state index is 13.9. The van der Waals surface area contributed by atoms with E-state index in [9.17, 15) is 4.39 Å². The van der Waals surface area contributed by atoms with Crippen LogP contribution in [0.15, 0.2) is 43.0 Å². The van der Waals surface area contributed by atoms with Crippen LogP contribution in [0.2, 0.25) is 0 Å². The van der Waals surface area contributed by atoms with Gasteiger partial charge in [-0.15, -0.1) is 5.10 Å². The lowest BCUT2D eigenvalue weighted by Gasteiger charge is -2.02. The normalized spacial score (nSPS) is 11.3. The molecule has 2 N–H and O–H groups in total. The van der Waals surface area contributed by atoms with Gasteiger partial charge in [-0.05, 0) is 24.1 Å². The second-order valence-corrected chi connectivity index (χ2v) is 5.70. The third-order valence-corrected chi connectivity index (χ3v) is 4.11. The van der Waals surface area contributed by atoms with Crippen molar-refractivity contribution in [3.8, 4) is 5.69 Å². The van der Waals surface area contributed by atoms with Crippen molar-refractivity contribution in [1.29, 1.82) is 0 Å². The highest BCUT2D eigenvalue weighted by molar-refractivity contribution is 5.89. The first-order valence-corrected chi connectivity index (χ1v) is 7.91. The van der Waals surface area contributed by atoms with E-state index in [4.69, 9.17) is 5.73 Å². The Hall–Kier alpha value is -3.29. The number of rotatable bonds is 4. The molecule has 0 radical (unpaired) electrons. The summed E-state index contributed by atoms with van der Waals surface area (Å²) in [5.74, 6) is 0.120. The first-order chi connectivity index (χ1) is 12.2. The first-order valence-electron chi connectivity index (χ1n) is 7.91. The second kappa shape index (κ2) is 5.97. The average molecular weight is 337 g/mol. The van der Waals surface area contributed by atoms with Crippen LogP contribution >= 0.6 is 0 Å². The number of para-hydroxylation sites is 1. The number of benzene rings is 1. The van der Waals surface area contributed by atoms with Gasteiger partial charge in [0.15, 0.2) is 0 Å². The molecule has 4 aromatic rings. The van der Waals surface area contributed by atoms with Gasteiger partial charge in [0, 0.05) is 6.20 Å². The maximum atomic E-state index is 13.9. The van der Waals surface area contributed by atoms with Crippen molar-refractivity contribution in [2.75, 3.05) is 5.73 Å². The Labute approximate surface area is 142 Å². The standard InChI is InChI=1S/C17H16FN7/c1-2-11-7-24(17-15(11)16(19)20-10-21-17)8-12-9-25(23-22-12)14-6-4-3-5-13(14)18/h3-7,9-10H,2,8H2,1H3,(H2,19,20,21). The monoisotopic (exact) mass is 337 g/mol. The van der Waals surface area contributed by atoms with E-state index in [1.54, 1.807) is 24.4 Å². The van der Waals surface area contributed by atoms with Gasteiger partial charge >= 0.3 is 0 Å². The fraction of sp³-hybridized carbons (Fsp3) is 0.176. The Balaban J connectivity index is 1.71. The molecule has 7 nitrogen and oxygen atoms in total. The number of nitrogen functional groups attached to an aromatic ring is 1. The molecule has 0 aliphatic heterocycles. The maximum Gasteiger partial charge on any atom is 0.148 e. The van der Waals surface area contributed by atoms with Crippen LogP contribution in [0.4, 0.5) is 10.2 Å². The topological polar surface area (TPSA) is 87.4 Å². The predicted octanol–water partition coefficient (Wildman–Crippen LogP) is 2.34. The number of nitrogens with two attached hydrogens (primary N) is 1. The van der Waals surface area contributed by atoms with E-state index >= 15 is 0 Å². The number of hydrogen-bond acceptors (Lipinski definition) is 5. The van der Waals surface area contributed by atoms with E-state index in [1.165, 1.54) is 17.1 Å². The number of fused-ring (bicyclic) bond motifs is 1. The molecule has 0 aliphatic carbocycles. The lowest BCUT2D eigenvalue weighted by molar-refractivity contribution is 0.607. The summed E-state index contributed by atoms with van der Waals surface area (Å²) in [7, 11) is 0. The average Bonchev–Trinajstić information content (AvgIpc) is 3.21. The summed E-state index contributed by atoms with van der Waals surface area (Å²) >= 11 is 0. The van der Waals surface area contributed by atoms with Crippen molar-refractivity contribution in [3.63, 3.8) is 0 Å². The molecule has 3 aromatic heterocycles. The molecule has 1 aromatic carbocycles. The summed E-state index contributed by atoms with van der Waals surface area (Å²) in [6, 6.07) is 6.44. The predicted molar refractivity (Wildman–Crippen MR) is 91.7 cm³/mol. The molecule has 0 unspecified atom stereocenters. The Morgan fingerprint density at radius 1 is 1.16 bits per heavy atom. The van der Waals surface area contributed by atoms with Gasteiger partial charge in [-0.2, -0.15) is 0 Å².